The summed E-state index contributed by atoms with van der Waals surface area (Å²) in [7, 11) is 4.71. The van der Waals surface area contributed by atoms with Gasteiger partial charge in [-0.25, -0.2) is 0 Å². The van der Waals surface area contributed by atoms with Gasteiger partial charge in [-0.05, 0) is 6.07 Å². The first kappa shape index (κ1) is 17.0. The van der Waals surface area contributed by atoms with Gasteiger partial charge in [0.1, 0.15) is 12.0 Å². The van der Waals surface area contributed by atoms with Gasteiger partial charge < -0.3 is 4.90 Å². The minimum absolute atomic E-state index is 0.142. The number of benzene rings is 1. The maximum atomic E-state index is 12.7. The van der Waals surface area contributed by atoms with Crippen molar-refractivity contribution in [1.29, 1.82) is 0 Å². The van der Waals surface area contributed by atoms with Crippen LogP contribution in [-0.4, -0.2) is 37.3 Å². The third kappa shape index (κ3) is 4.22. The minimum atomic E-state index is -4.77. The molecule has 0 amide bonds. The highest BCUT2D eigenvalue weighted by molar-refractivity contribution is 6.31. The number of nitro groups is 1. The molecule has 0 N–H and O–H groups in total. The molecule has 0 saturated heterocycles. The summed E-state index contributed by atoms with van der Waals surface area (Å²) in [4.78, 5) is 11.6. The summed E-state index contributed by atoms with van der Waals surface area (Å²) in [6.45, 7) is 0. The van der Waals surface area contributed by atoms with Crippen LogP contribution in [0.4, 0.5) is 24.5 Å². The molecule has 0 aliphatic rings. The Kier molecular flexibility index (Phi) is 5.00. The molecule has 0 fully saturated rings. The molecular weight excluding hydrogens is 313 g/mol. The summed E-state index contributed by atoms with van der Waals surface area (Å²) >= 11 is 5.57. The van der Waals surface area contributed by atoms with Gasteiger partial charge in [0.15, 0.2) is 0 Å². The van der Waals surface area contributed by atoms with Gasteiger partial charge in [0.05, 0.1) is 15.5 Å². The topological polar surface area (TPSA) is 62.0 Å². The molecule has 0 saturated carbocycles. The Labute approximate surface area is 123 Å². The highest BCUT2D eigenvalue weighted by Gasteiger charge is 2.36. The van der Waals surface area contributed by atoms with Crippen molar-refractivity contribution in [2.75, 3.05) is 26.2 Å². The first-order valence-corrected chi connectivity index (χ1v) is 5.91. The first-order chi connectivity index (χ1) is 9.54. The second kappa shape index (κ2) is 6.17. The smallest absolute Gasteiger partial charge is 0.367 e. The summed E-state index contributed by atoms with van der Waals surface area (Å²) in [5, 5.41) is 15.3. The fraction of sp³-hybridized carbons (Fsp3) is 0.364. The third-order valence-electron chi connectivity index (χ3n) is 2.37. The Bertz CT molecular complexity index is 575. The molecular formula is C11H12ClF3N4O2. The van der Waals surface area contributed by atoms with E-state index in [0.29, 0.717) is 6.07 Å². The molecule has 0 aromatic heterocycles. The average molecular weight is 325 g/mol. The van der Waals surface area contributed by atoms with E-state index < -0.39 is 27.4 Å². The second-order valence-electron chi connectivity index (χ2n) is 4.29. The predicted octanol–water partition coefficient (Wildman–Crippen LogP) is 3.21. The van der Waals surface area contributed by atoms with Gasteiger partial charge in [-0.3, -0.25) is 15.1 Å². The van der Waals surface area contributed by atoms with Crippen molar-refractivity contribution in [3.8, 4) is 0 Å². The van der Waals surface area contributed by atoms with E-state index in [1.54, 1.807) is 19.0 Å². The van der Waals surface area contributed by atoms with Crippen LogP contribution in [0.1, 0.15) is 5.56 Å². The highest BCUT2D eigenvalue weighted by Crippen LogP contribution is 2.41. The standard InChI is InChI=1S/C11H12ClF3N4O2/c1-17(2)6-16-18(3)9-5-8(12)7(11(13,14)15)4-10(9)19(20)21/h4-6H,1-3H3/b16-6+. The van der Waals surface area contributed by atoms with Crippen molar-refractivity contribution in [3.05, 3.63) is 32.8 Å². The average Bonchev–Trinajstić information content (AvgIpc) is 2.33. The van der Waals surface area contributed by atoms with Crippen LogP contribution in [0.25, 0.3) is 0 Å². The molecule has 1 aromatic carbocycles. The molecule has 0 radical (unpaired) electrons. The fourth-order valence-electron chi connectivity index (χ4n) is 1.42. The number of rotatable bonds is 4. The monoisotopic (exact) mass is 324 g/mol. The normalized spacial score (nSPS) is 11.8. The number of nitrogens with zero attached hydrogens (tertiary/aromatic N) is 4. The molecule has 10 heteroatoms. The van der Waals surface area contributed by atoms with Crippen molar-refractivity contribution < 1.29 is 18.1 Å². The largest absolute Gasteiger partial charge is 0.418 e. The number of nitro benzene ring substituents is 1. The summed E-state index contributed by atoms with van der Waals surface area (Å²) in [6.07, 6.45) is -3.43. The fourth-order valence-corrected chi connectivity index (χ4v) is 1.68. The van der Waals surface area contributed by atoms with Gasteiger partial charge in [0.2, 0.25) is 0 Å². The zero-order valence-electron chi connectivity index (χ0n) is 11.3. The van der Waals surface area contributed by atoms with Crippen LogP contribution in [-0.2, 0) is 6.18 Å². The van der Waals surface area contributed by atoms with E-state index in [9.17, 15) is 23.3 Å². The molecule has 0 heterocycles. The van der Waals surface area contributed by atoms with Gasteiger partial charge in [-0.15, -0.1) is 0 Å². The molecule has 6 nitrogen and oxygen atoms in total. The maximum Gasteiger partial charge on any atom is 0.418 e. The van der Waals surface area contributed by atoms with E-state index in [1.807, 2.05) is 0 Å². The molecule has 0 unspecified atom stereocenters. The van der Waals surface area contributed by atoms with Gasteiger partial charge in [0, 0.05) is 27.2 Å². The number of halogens is 4. The molecule has 1 rings (SSSR count). The molecule has 116 valence electrons. The molecule has 0 spiro atoms. The quantitative estimate of drug-likeness (QED) is 0.369. The maximum absolute atomic E-state index is 12.7. The Morgan fingerprint density at radius 3 is 2.33 bits per heavy atom. The lowest BCUT2D eigenvalue weighted by Crippen LogP contribution is -2.17. The molecule has 21 heavy (non-hydrogen) atoms. The van der Waals surface area contributed by atoms with E-state index in [0.717, 1.165) is 11.1 Å². The van der Waals surface area contributed by atoms with Crippen molar-refractivity contribution in [2.45, 2.75) is 6.18 Å². The van der Waals surface area contributed by atoms with Gasteiger partial charge in [0.25, 0.3) is 5.69 Å². The van der Waals surface area contributed by atoms with Crippen molar-refractivity contribution in [1.82, 2.24) is 4.90 Å². The lowest BCUT2D eigenvalue weighted by Gasteiger charge is -2.16. The summed E-state index contributed by atoms with van der Waals surface area (Å²) < 4.78 is 38.2. The van der Waals surface area contributed by atoms with Crippen LogP contribution in [0, 0.1) is 10.1 Å². The van der Waals surface area contributed by atoms with Crippen LogP contribution in [0.3, 0.4) is 0 Å². The number of hydrogen-bond donors (Lipinski definition) is 0. The van der Waals surface area contributed by atoms with Gasteiger partial charge in [-0.2, -0.15) is 18.3 Å². The van der Waals surface area contributed by atoms with Crippen LogP contribution in [0.15, 0.2) is 17.2 Å². The minimum Gasteiger partial charge on any atom is -0.367 e. The predicted molar refractivity (Wildman–Crippen MR) is 73.7 cm³/mol. The van der Waals surface area contributed by atoms with Crippen molar-refractivity contribution >= 4 is 29.3 Å². The van der Waals surface area contributed by atoms with Crippen molar-refractivity contribution in [2.24, 2.45) is 5.10 Å². The molecule has 0 aliphatic heterocycles. The Morgan fingerprint density at radius 1 is 1.33 bits per heavy atom. The van der Waals surface area contributed by atoms with Gasteiger partial charge >= 0.3 is 6.18 Å². The zero-order valence-corrected chi connectivity index (χ0v) is 12.1. The Hall–Kier alpha value is -2.03. The van der Waals surface area contributed by atoms with Crippen LogP contribution in [0.5, 0.6) is 0 Å². The van der Waals surface area contributed by atoms with E-state index in [2.05, 4.69) is 5.10 Å². The lowest BCUT2D eigenvalue weighted by atomic mass is 10.1. The zero-order chi connectivity index (χ0) is 16.4. The molecule has 0 atom stereocenters. The molecule has 0 aliphatic carbocycles. The Morgan fingerprint density at radius 2 is 1.90 bits per heavy atom. The van der Waals surface area contributed by atoms with Crippen LogP contribution < -0.4 is 5.01 Å². The van der Waals surface area contributed by atoms with E-state index in [4.69, 9.17) is 11.6 Å². The lowest BCUT2D eigenvalue weighted by molar-refractivity contribution is -0.384. The number of hydrazone groups is 1. The van der Waals surface area contributed by atoms with E-state index in [-0.39, 0.29) is 5.69 Å². The van der Waals surface area contributed by atoms with E-state index in [1.165, 1.54) is 13.4 Å². The number of anilines is 1. The Balaban J connectivity index is 3.40. The third-order valence-corrected chi connectivity index (χ3v) is 2.68. The van der Waals surface area contributed by atoms with Crippen molar-refractivity contribution in [3.63, 3.8) is 0 Å². The molecule has 0 bridgehead atoms. The highest BCUT2D eigenvalue weighted by atomic mass is 35.5. The van der Waals surface area contributed by atoms with Crippen LogP contribution in [0.2, 0.25) is 5.02 Å². The summed E-state index contributed by atoms with van der Waals surface area (Å²) in [6, 6.07) is 1.27. The van der Waals surface area contributed by atoms with Gasteiger partial charge in [-0.1, -0.05) is 11.6 Å². The second-order valence-corrected chi connectivity index (χ2v) is 4.70. The molecule has 1 aromatic rings. The summed E-state index contributed by atoms with van der Waals surface area (Å²) in [5.41, 5.74) is -2.13. The number of alkyl halides is 3. The SMILES string of the molecule is CN(C)/C=N/N(C)c1cc(Cl)c(C(F)(F)F)cc1[N+](=O)[O-]. The first-order valence-electron chi connectivity index (χ1n) is 5.53. The van der Waals surface area contributed by atoms with E-state index >= 15 is 0 Å². The van der Waals surface area contributed by atoms with Crippen LogP contribution >= 0.6 is 11.6 Å². The number of hydrogen-bond acceptors (Lipinski definition) is 4. The summed E-state index contributed by atoms with van der Waals surface area (Å²) in [5.74, 6) is 0.